The van der Waals surface area contributed by atoms with Crippen molar-refractivity contribution in [2.75, 3.05) is 4.90 Å². The van der Waals surface area contributed by atoms with Gasteiger partial charge in [0.25, 0.3) is 0 Å². The van der Waals surface area contributed by atoms with Crippen molar-refractivity contribution in [3.63, 3.8) is 0 Å². The number of nitrogens with zero attached hydrogens (tertiary/aromatic N) is 3. The van der Waals surface area contributed by atoms with Gasteiger partial charge in [-0.2, -0.15) is 0 Å². The van der Waals surface area contributed by atoms with E-state index in [1.54, 1.807) is 0 Å². The molecule has 8 aromatic carbocycles. The summed E-state index contributed by atoms with van der Waals surface area (Å²) >= 11 is 0. The van der Waals surface area contributed by atoms with Gasteiger partial charge in [0.2, 0.25) is 0 Å². The number of hydrogen-bond donors (Lipinski definition) is 0. The van der Waals surface area contributed by atoms with Crippen LogP contribution in [0.2, 0.25) is 0 Å². The van der Waals surface area contributed by atoms with E-state index in [2.05, 4.69) is 161 Å². The summed E-state index contributed by atoms with van der Waals surface area (Å²) in [5, 5.41) is 4.83. The van der Waals surface area contributed by atoms with Crippen molar-refractivity contribution in [1.82, 2.24) is 9.13 Å². The molecule has 12 rings (SSSR count). The molecule has 4 heterocycles. The number of benzene rings is 8. The fourth-order valence-corrected chi connectivity index (χ4v) is 8.96. The van der Waals surface area contributed by atoms with E-state index < -0.39 is 0 Å². The number of para-hydroxylation sites is 8. The molecule has 0 amide bonds. The lowest BCUT2D eigenvalue weighted by molar-refractivity contribution is 0.477. The SMILES string of the molecule is [B]c1cccc2c3ccccc3n(-c3cc(-c4ccc(N5c6ccccc6Oc6ccccc65)cc4)cc4c3[B]c3cccc5c6ccccc6n-4c35)c12. The second-order valence-electron chi connectivity index (χ2n) is 14.2. The predicted octanol–water partition coefficient (Wildman–Crippen LogP) is 9.89. The van der Waals surface area contributed by atoms with Gasteiger partial charge in [-0.3, -0.25) is 0 Å². The molecule has 54 heavy (non-hydrogen) atoms. The molecule has 4 nitrogen and oxygen atoms in total. The Labute approximate surface area is 313 Å². The number of aromatic nitrogens is 2. The highest BCUT2D eigenvalue weighted by Gasteiger charge is 2.29. The van der Waals surface area contributed by atoms with E-state index in [0.29, 0.717) is 0 Å². The largest absolute Gasteiger partial charge is 0.453 e. The molecule has 10 aromatic rings. The highest BCUT2D eigenvalue weighted by atomic mass is 16.5. The van der Waals surface area contributed by atoms with E-state index in [1.165, 1.54) is 32.7 Å². The fraction of sp³-hybridized carbons (Fsp3) is 0. The maximum Gasteiger partial charge on any atom is 0.199 e. The van der Waals surface area contributed by atoms with E-state index in [9.17, 15) is 0 Å². The number of rotatable bonds is 3. The van der Waals surface area contributed by atoms with Gasteiger partial charge in [-0.15, -0.1) is 0 Å². The number of anilines is 3. The normalized spacial score (nSPS) is 12.8. The zero-order chi connectivity index (χ0) is 35.5. The highest BCUT2D eigenvalue weighted by molar-refractivity contribution is 6.73. The van der Waals surface area contributed by atoms with Crippen molar-refractivity contribution in [2.45, 2.75) is 0 Å². The number of ether oxygens (including phenoxy) is 1. The summed E-state index contributed by atoms with van der Waals surface area (Å²) in [6, 6.07) is 60.4. The molecule has 0 atom stereocenters. The molecule has 247 valence electrons. The average Bonchev–Trinajstić information content (AvgIpc) is 3.75. The minimum Gasteiger partial charge on any atom is -0.453 e. The molecular formula is C48H28B2N3O. The molecule has 0 unspecified atom stereocenters. The Balaban J connectivity index is 1.13. The zero-order valence-electron chi connectivity index (χ0n) is 29.1. The van der Waals surface area contributed by atoms with Crippen LogP contribution >= 0.6 is 0 Å². The summed E-state index contributed by atoms with van der Waals surface area (Å²) in [7, 11) is 9.25. The minimum absolute atomic E-state index is 0.753. The Morgan fingerprint density at radius 1 is 0.444 bits per heavy atom. The van der Waals surface area contributed by atoms with Gasteiger partial charge in [-0.1, -0.05) is 120 Å². The third kappa shape index (κ3) is 4.05. The highest BCUT2D eigenvalue weighted by Crippen LogP contribution is 2.50. The molecule has 0 bridgehead atoms. The molecule has 2 aliphatic rings. The first-order valence-electron chi connectivity index (χ1n) is 18.3. The van der Waals surface area contributed by atoms with Gasteiger partial charge in [0.15, 0.2) is 18.8 Å². The molecule has 2 aromatic heterocycles. The van der Waals surface area contributed by atoms with Crippen LogP contribution in [0.5, 0.6) is 11.5 Å². The predicted molar refractivity (Wildman–Crippen MR) is 226 cm³/mol. The van der Waals surface area contributed by atoms with E-state index in [4.69, 9.17) is 12.6 Å². The van der Waals surface area contributed by atoms with E-state index in [-0.39, 0.29) is 0 Å². The summed E-state index contributed by atoms with van der Waals surface area (Å²) in [5.41, 5.74) is 15.3. The van der Waals surface area contributed by atoms with Crippen LogP contribution in [0, 0.1) is 0 Å². The van der Waals surface area contributed by atoms with Gasteiger partial charge in [0.05, 0.1) is 22.4 Å². The lowest BCUT2D eigenvalue weighted by atomic mass is 9.60. The summed E-state index contributed by atoms with van der Waals surface area (Å²) in [4.78, 5) is 2.28. The van der Waals surface area contributed by atoms with Gasteiger partial charge in [0.1, 0.15) is 7.85 Å². The fourth-order valence-electron chi connectivity index (χ4n) is 8.96. The number of hydrogen-bond acceptors (Lipinski definition) is 2. The van der Waals surface area contributed by atoms with Crippen LogP contribution in [0.3, 0.4) is 0 Å². The van der Waals surface area contributed by atoms with Crippen LogP contribution in [0.1, 0.15) is 0 Å². The third-order valence-corrected chi connectivity index (χ3v) is 11.3. The summed E-state index contributed by atoms with van der Waals surface area (Å²) in [6.45, 7) is 0. The molecule has 3 radical (unpaired) electrons. The van der Waals surface area contributed by atoms with Gasteiger partial charge in [-0.05, 0) is 77.3 Å². The zero-order valence-corrected chi connectivity index (χ0v) is 29.1. The summed E-state index contributed by atoms with van der Waals surface area (Å²) in [5.74, 6) is 1.68. The molecular weight excluding hydrogens is 656 g/mol. The van der Waals surface area contributed by atoms with Crippen LogP contribution in [-0.2, 0) is 0 Å². The second kappa shape index (κ2) is 11.0. The molecule has 0 fully saturated rings. The van der Waals surface area contributed by atoms with Crippen molar-refractivity contribution in [3.8, 4) is 34.0 Å². The van der Waals surface area contributed by atoms with Crippen molar-refractivity contribution in [1.29, 1.82) is 0 Å². The Hall–Kier alpha value is -6.91. The quantitative estimate of drug-likeness (QED) is 0.173. The molecule has 6 heteroatoms. The second-order valence-corrected chi connectivity index (χ2v) is 14.2. The molecule has 2 aliphatic heterocycles. The van der Waals surface area contributed by atoms with Crippen molar-refractivity contribution in [2.24, 2.45) is 0 Å². The Morgan fingerprint density at radius 2 is 0.981 bits per heavy atom. The van der Waals surface area contributed by atoms with Crippen LogP contribution in [-0.4, -0.2) is 24.3 Å². The molecule has 0 spiro atoms. The lowest BCUT2D eigenvalue weighted by Crippen LogP contribution is -2.38. The molecule has 0 saturated heterocycles. The first kappa shape index (κ1) is 29.6. The maximum absolute atomic E-state index is 6.89. The van der Waals surface area contributed by atoms with Gasteiger partial charge < -0.3 is 18.8 Å². The van der Waals surface area contributed by atoms with Crippen LogP contribution < -0.4 is 26.0 Å². The molecule has 0 saturated carbocycles. The van der Waals surface area contributed by atoms with Gasteiger partial charge in [0, 0.05) is 49.6 Å². The van der Waals surface area contributed by atoms with Gasteiger partial charge in [-0.25, -0.2) is 0 Å². The summed E-state index contributed by atoms with van der Waals surface area (Å²) < 4.78 is 11.2. The van der Waals surface area contributed by atoms with Crippen LogP contribution in [0.15, 0.2) is 170 Å². The third-order valence-electron chi connectivity index (χ3n) is 11.3. The molecule has 0 N–H and O–H groups in total. The molecule has 0 aliphatic carbocycles. The topological polar surface area (TPSA) is 22.3 Å². The number of fused-ring (bicyclic) bond motifs is 10. The van der Waals surface area contributed by atoms with E-state index in [0.717, 1.165) is 78.4 Å². The van der Waals surface area contributed by atoms with Crippen LogP contribution in [0.4, 0.5) is 17.1 Å². The lowest BCUT2D eigenvalue weighted by Gasteiger charge is -2.32. The average molecular weight is 684 g/mol. The van der Waals surface area contributed by atoms with Crippen molar-refractivity contribution < 1.29 is 4.74 Å². The monoisotopic (exact) mass is 684 g/mol. The standard InChI is InChI=1S/C48H28B2N3O/c49-36-15-9-13-34-32-11-1-3-17-38(32)52(47(34)36)42-27-30(28-43-46(42)50-37-16-10-14-35-33-12-2-4-18-39(33)53(43)48(35)37)29-23-25-31(26-24-29)51-40-19-5-7-21-44(40)54-45-22-8-6-20-41(45)51/h1-28H. The van der Waals surface area contributed by atoms with E-state index >= 15 is 0 Å². The van der Waals surface area contributed by atoms with Crippen LogP contribution in [0.25, 0.3) is 66.1 Å². The Kier molecular flexibility index (Phi) is 6.07. The van der Waals surface area contributed by atoms with Gasteiger partial charge >= 0.3 is 0 Å². The summed E-state index contributed by atoms with van der Waals surface area (Å²) in [6.07, 6.45) is 0. The first-order chi connectivity index (χ1) is 26.7. The van der Waals surface area contributed by atoms with Crippen molar-refractivity contribution in [3.05, 3.63) is 170 Å². The Bertz CT molecular complexity index is 3150. The smallest absolute Gasteiger partial charge is 0.199 e. The Morgan fingerprint density at radius 3 is 1.65 bits per heavy atom. The van der Waals surface area contributed by atoms with Crippen molar-refractivity contribution >= 4 is 92.2 Å². The first-order valence-corrected chi connectivity index (χ1v) is 18.3. The van der Waals surface area contributed by atoms with E-state index in [1.807, 2.05) is 30.3 Å². The minimum atomic E-state index is 0.753. The maximum atomic E-state index is 6.89.